The van der Waals surface area contributed by atoms with E-state index in [9.17, 15) is 4.79 Å². The molecule has 1 N–H and O–H groups in total. The molecule has 0 radical (unpaired) electrons. The fourth-order valence-electron chi connectivity index (χ4n) is 2.21. The average Bonchev–Trinajstić information content (AvgIpc) is 3.12. The van der Waals surface area contributed by atoms with Gasteiger partial charge in [0.05, 0.1) is 18.3 Å². The minimum absolute atomic E-state index is 0.339. The number of hydrazone groups is 1. The molecule has 0 bridgehead atoms. The smallest absolute Gasteiger partial charge is 0.271 e. The highest BCUT2D eigenvalue weighted by atomic mass is 35.5. The molecule has 0 aliphatic carbocycles. The predicted octanol–water partition coefficient (Wildman–Crippen LogP) is 5.03. The van der Waals surface area contributed by atoms with Gasteiger partial charge in [-0.2, -0.15) is 5.10 Å². The molecule has 1 aromatic heterocycles. The average molecular weight is 389 g/mol. The van der Waals surface area contributed by atoms with Gasteiger partial charge in [-0.1, -0.05) is 23.2 Å². The third kappa shape index (κ3) is 4.25. The Balaban J connectivity index is 1.66. The number of methoxy groups -OCH3 is 1. The van der Waals surface area contributed by atoms with Crippen LogP contribution in [0, 0.1) is 0 Å². The van der Waals surface area contributed by atoms with E-state index in [1.54, 1.807) is 61.7 Å². The zero-order valence-corrected chi connectivity index (χ0v) is 15.2. The quantitative estimate of drug-likeness (QED) is 0.492. The predicted molar refractivity (Wildman–Crippen MR) is 102 cm³/mol. The number of ether oxygens (including phenoxy) is 1. The summed E-state index contributed by atoms with van der Waals surface area (Å²) in [6.07, 6.45) is 1.41. The molecule has 0 aliphatic heterocycles. The van der Waals surface area contributed by atoms with Crippen LogP contribution in [-0.2, 0) is 0 Å². The summed E-state index contributed by atoms with van der Waals surface area (Å²) in [5, 5.41) is 4.98. The molecule has 0 saturated carbocycles. The van der Waals surface area contributed by atoms with Crippen molar-refractivity contribution in [1.82, 2.24) is 5.43 Å². The van der Waals surface area contributed by atoms with Crippen molar-refractivity contribution in [2.75, 3.05) is 7.11 Å². The van der Waals surface area contributed by atoms with E-state index >= 15 is 0 Å². The monoisotopic (exact) mass is 388 g/mol. The van der Waals surface area contributed by atoms with Crippen molar-refractivity contribution in [3.63, 3.8) is 0 Å². The zero-order valence-electron chi connectivity index (χ0n) is 13.7. The van der Waals surface area contributed by atoms with Gasteiger partial charge < -0.3 is 9.15 Å². The van der Waals surface area contributed by atoms with Crippen LogP contribution in [0.4, 0.5) is 0 Å². The van der Waals surface area contributed by atoms with E-state index in [2.05, 4.69) is 10.5 Å². The molecule has 0 spiro atoms. The molecule has 0 aliphatic rings. The van der Waals surface area contributed by atoms with Gasteiger partial charge in [0.2, 0.25) is 0 Å². The Morgan fingerprint density at radius 3 is 2.62 bits per heavy atom. The summed E-state index contributed by atoms with van der Waals surface area (Å²) in [6, 6.07) is 15.3. The summed E-state index contributed by atoms with van der Waals surface area (Å²) in [4.78, 5) is 12.0. The Kier molecular flexibility index (Phi) is 5.61. The molecule has 0 unspecified atom stereocenters. The summed E-state index contributed by atoms with van der Waals surface area (Å²) in [7, 11) is 1.56. The first-order chi connectivity index (χ1) is 12.6. The normalized spacial score (nSPS) is 10.9. The molecule has 5 nitrogen and oxygen atoms in total. The molecule has 0 saturated heterocycles. The summed E-state index contributed by atoms with van der Waals surface area (Å²) < 4.78 is 10.7. The number of halogens is 2. The molecule has 132 valence electrons. The van der Waals surface area contributed by atoms with Gasteiger partial charge in [0, 0.05) is 16.1 Å². The molecule has 3 aromatic rings. The van der Waals surface area contributed by atoms with Gasteiger partial charge >= 0.3 is 0 Å². The van der Waals surface area contributed by atoms with Gasteiger partial charge in [0.25, 0.3) is 5.91 Å². The van der Waals surface area contributed by atoms with Crippen LogP contribution >= 0.6 is 23.2 Å². The molecule has 3 rings (SSSR count). The molecule has 26 heavy (non-hydrogen) atoms. The van der Waals surface area contributed by atoms with Crippen molar-refractivity contribution >= 4 is 35.3 Å². The first-order valence-corrected chi connectivity index (χ1v) is 8.35. The lowest BCUT2D eigenvalue weighted by molar-refractivity contribution is 0.0955. The second kappa shape index (κ2) is 8.08. The van der Waals surface area contributed by atoms with Gasteiger partial charge in [0.1, 0.15) is 17.3 Å². The highest BCUT2D eigenvalue weighted by Gasteiger charge is 2.09. The fraction of sp³-hybridized carbons (Fsp3) is 0.0526. The topological polar surface area (TPSA) is 63.8 Å². The zero-order chi connectivity index (χ0) is 18.5. The number of nitrogens with one attached hydrogen (secondary N) is 1. The number of hydrogen-bond acceptors (Lipinski definition) is 4. The summed E-state index contributed by atoms with van der Waals surface area (Å²) >= 11 is 12.1. The third-order valence-corrected chi connectivity index (χ3v) is 4.10. The van der Waals surface area contributed by atoms with Crippen molar-refractivity contribution in [1.29, 1.82) is 0 Å². The van der Waals surface area contributed by atoms with Crippen LogP contribution in [-0.4, -0.2) is 19.2 Å². The van der Waals surface area contributed by atoms with Gasteiger partial charge in [-0.25, -0.2) is 5.43 Å². The lowest BCUT2D eigenvalue weighted by Crippen LogP contribution is -2.17. The van der Waals surface area contributed by atoms with Crippen LogP contribution in [0.2, 0.25) is 10.0 Å². The van der Waals surface area contributed by atoms with Gasteiger partial charge in [0.15, 0.2) is 0 Å². The maximum atomic E-state index is 12.0. The molecule has 7 heteroatoms. The van der Waals surface area contributed by atoms with E-state index in [4.69, 9.17) is 32.4 Å². The van der Waals surface area contributed by atoms with Crippen molar-refractivity contribution in [2.24, 2.45) is 5.10 Å². The molecule has 0 fully saturated rings. The van der Waals surface area contributed by atoms with E-state index in [1.165, 1.54) is 6.21 Å². The maximum absolute atomic E-state index is 12.0. The summed E-state index contributed by atoms with van der Waals surface area (Å²) in [5.74, 6) is 1.35. The number of furan rings is 1. The van der Waals surface area contributed by atoms with E-state index in [0.29, 0.717) is 38.4 Å². The van der Waals surface area contributed by atoms with Crippen LogP contribution in [0.5, 0.6) is 5.75 Å². The van der Waals surface area contributed by atoms with Crippen LogP contribution in [0.15, 0.2) is 64.1 Å². The van der Waals surface area contributed by atoms with E-state index in [0.717, 1.165) is 0 Å². The second-order valence-electron chi connectivity index (χ2n) is 5.25. The van der Waals surface area contributed by atoms with E-state index < -0.39 is 0 Å². The third-order valence-electron chi connectivity index (χ3n) is 3.53. The van der Waals surface area contributed by atoms with Gasteiger partial charge in [-0.15, -0.1) is 0 Å². The van der Waals surface area contributed by atoms with Gasteiger partial charge in [-0.05, 0) is 54.6 Å². The lowest BCUT2D eigenvalue weighted by atomic mass is 10.2. The first kappa shape index (κ1) is 18.0. The second-order valence-corrected chi connectivity index (χ2v) is 6.10. The summed E-state index contributed by atoms with van der Waals surface area (Å²) in [5.41, 5.74) is 3.58. The van der Waals surface area contributed by atoms with E-state index in [-0.39, 0.29) is 5.91 Å². The van der Waals surface area contributed by atoms with Crippen molar-refractivity contribution < 1.29 is 13.9 Å². The minimum Gasteiger partial charge on any atom is -0.497 e. The minimum atomic E-state index is -0.339. The van der Waals surface area contributed by atoms with E-state index in [1.807, 2.05) is 0 Å². The Labute approximate surface area is 160 Å². The Morgan fingerprint density at radius 2 is 1.88 bits per heavy atom. The number of carbonyl (C=O) groups is 1. The molecule has 0 atom stereocenters. The molecular formula is C19H14Cl2N2O3. The van der Waals surface area contributed by atoms with Crippen molar-refractivity contribution in [3.05, 3.63) is 76.0 Å². The Hall–Kier alpha value is -2.76. The highest BCUT2D eigenvalue weighted by Crippen LogP contribution is 2.31. The number of amides is 1. The first-order valence-electron chi connectivity index (χ1n) is 7.59. The molecular weight excluding hydrogens is 375 g/mol. The summed E-state index contributed by atoms with van der Waals surface area (Å²) in [6.45, 7) is 0. The lowest BCUT2D eigenvalue weighted by Gasteiger charge is -2.02. The SMILES string of the molecule is COc1ccc(C(=O)N/N=C/c2ccc(-c3cc(Cl)ccc3Cl)o2)cc1. The number of benzene rings is 2. The maximum Gasteiger partial charge on any atom is 0.271 e. The molecule has 1 heterocycles. The van der Waals surface area contributed by atoms with Crippen molar-refractivity contribution in [2.45, 2.75) is 0 Å². The number of rotatable bonds is 5. The Bertz CT molecular complexity index is 950. The largest absolute Gasteiger partial charge is 0.497 e. The Morgan fingerprint density at radius 1 is 1.12 bits per heavy atom. The molecule has 2 aromatic carbocycles. The number of carbonyl (C=O) groups excluding carboxylic acids is 1. The number of nitrogens with zero attached hydrogens (tertiary/aromatic N) is 1. The van der Waals surface area contributed by atoms with Crippen molar-refractivity contribution in [3.8, 4) is 17.1 Å². The van der Waals surface area contributed by atoms with Crippen LogP contribution in [0.1, 0.15) is 16.1 Å². The number of hydrogen-bond donors (Lipinski definition) is 1. The highest BCUT2D eigenvalue weighted by molar-refractivity contribution is 6.35. The standard InChI is InChI=1S/C19H14Cl2N2O3/c1-25-14-5-2-12(3-6-14)19(24)23-22-11-15-7-9-18(26-15)16-10-13(20)4-8-17(16)21/h2-11H,1H3,(H,23,24)/b22-11+. The molecule has 1 amide bonds. The van der Waals surface area contributed by atoms with Crippen LogP contribution in [0.3, 0.4) is 0 Å². The van der Waals surface area contributed by atoms with Gasteiger partial charge in [-0.3, -0.25) is 4.79 Å². The van der Waals surface area contributed by atoms with Crippen LogP contribution < -0.4 is 10.2 Å². The fourth-order valence-corrected chi connectivity index (χ4v) is 2.60. The van der Waals surface area contributed by atoms with Crippen LogP contribution in [0.25, 0.3) is 11.3 Å².